The Hall–Kier alpha value is -2.69. The molecule has 0 spiro atoms. The summed E-state index contributed by atoms with van der Waals surface area (Å²) in [6.45, 7) is 0. The highest BCUT2D eigenvalue weighted by molar-refractivity contribution is 6.06. The predicted octanol–water partition coefficient (Wildman–Crippen LogP) is 3.00. The molecule has 0 saturated heterocycles. The van der Waals surface area contributed by atoms with Crippen LogP contribution in [0.4, 0.5) is 5.69 Å². The summed E-state index contributed by atoms with van der Waals surface area (Å²) in [5.74, 6) is -0.235. The van der Waals surface area contributed by atoms with E-state index in [-0.39, 0.29) is 17.2 Å². The van der Waals surface area contributed by atoms with Crippen molar-refractivity contribution in [3.8, 4) is 5.75 Å². The van der Waals surface area contributed by atoms with Gasteiger partial charge in [0.15, 0.2) is 11.1 Å². The molecule has 0 aliphatic rings. The number of amides is 1. The summed E-state index contributed by atoms with van der Waals surface area (Å²) in [5, 5.41) is 5.02. The Labute approximate surface area is 103 Å². The normalized spacial score (nSPS) is 9.56. The molecule has 0 atom stereocenters. The molecule has 1 amide bonds. The Morgan fingerprint density at radius 1 is 1.00 bits per heavy atom. The van der Waals surface area contributed by atoms with E-state index in [0.29, 0.717) is 5.69 Å². The van der Waals surface area contributed by atoms with E-state index in [1.807, 2.05) is 18.2 Å². The van der Waals surface area contributed by atoms with Gasteiger partial charge in [0, 0.05) is 5.69 Å². The smallest absolute Gasteiger partial charge is 0.259 e. The lowest BCUT2D eigenvalue weighted by Gasteiger charge is -2.07. The predicted molar refractivity (Wildman–Crippen MR) is 67.3 cm³/mol. The van der Waals surface area contributed by atoms with Crippen molar-refractivity contribution in [2.45, 2.75) is 0 Å². The monoisotopic (exact) mass is 242 g/mol. The van der Waals surface area contributed by atoms with Crippen LogP contribution < -0.4 is 10.2 Å². The number of anilines is 1. The van der Waals surface area contributed by atoms with Gasteiger partial charge in [0.05, 0.1) is 5.56 Å². The Morgan fingerprint density at radius 3 is 2.39 bits per heavy atom. The zero-order chi connectivity index (χ0) is 12.8. The Kier molecular flexibility index (Phi) is 3.66. The summed E-state index contributed by atoms with van der Waals surface area (Å²) in [5.41, 5.74) is 0.914. The summed E-state index contributed by atoms with van der Waals surface area (Å²) in [4.78, 5) is 26.6. The molecule has 0 aromatic heterocycles. The van der Waals surface area contributed by atoms with E-state index in [4.69, 9.17) is 0 Å². The van der Waals surface area contributed by atoms with E-state index >= 15 is 0 Å². The molecule has 5 heteroatoms. The van der Waals surface area contributed by atoms with Crippen LogP contribution in [0, 0.1) is 4.91 Å². The fourth-order valence-electron chi connectivity index (χ4n) is 1.49. The molecule has 0 aliphatic carbocycles. The molecule has 90 valence electrons. The van der Waals surface area contributed by atoms with Crippen molar-refractivity contribution in [2.24, 2.45) is 5.34 Å². The quantitative estimate of drug-likeness (QED) is 0.661. The van der Waals surface area contributed by atoms with Gasteiger partial charge in [-0.25, -0.2) is 0 Å². The third-order valence-electron chi connectivity index (χ3n) is 2.30. The van der Waals surface area contributed by atoms with Gasteiger partial charge in [0.2, 0.25) is 0 Å². The van der Waals surface area contributed by atoms with Crippen LogP contribution in [0.25, 0.3) is 0 Å². The lowest BCUT2D eigenvalue weighted by atomic mass is 10.2. The van der Waals surface area contributed by atoms with Gasteiger partial charge in [-0.15, -0.1) is 4.91 Å². The highest BCUT2D eigenvalue weighted by atomic mass is 16.7. The summed E-state index contributed by atoms with van der Waals surface area (Å²) >= 11 is 0. The van der Waals surface area contributed by atoms with Crippen molar-refractivity contribution in [2.75, 3.05) is 5.32 Å². The van der Waals surface area contributed by atoms with Gasteiger partial charge in [0.1, 0.15) is 0 Å². The van der Waals surface area contributed by atoms with Crippen LogP contribution in [0.15, 0.2) is 59.9 Å². The zero-order valence-electron chi connectivity index (χ0n) is 9.37. The van der Waals surface area contributed by atoms with Gasteiger partial charge in [-0.2, -0.15) is 0 Å². The number of hydrogen-bond acceptors (Lipinski definition) is 4. The fraction of sp³-hybridized carbons (Fsp3) is 0. The first-order chi connectivity index (χ1) is 8.81. The average Bonchev–Trinajstić information content (AvgIpc) is 2.41. The third-order valence-corrected chi connectivity index (χ3v) is 2.30. The standard InChI is InChI=1S/C13H10N2O3/c16-13(14-10-6-2-1-3-7-10)11-8-4-5-9-12(11)18-15-17/h1-9H,(H,14,16). The van der Waals surface area contributed by atoms with E-state index in [9.17, 15) is 9.70 Å². The fourth-order valence-corrected chi connectivity index (χ4v) is 1.49. The molecule has 5 nitrogen and oxygen atoms in total. The molecule has 0 unspecified atom stereocenters. The van der Waals surface area contributed by atoms with Crippen LogP contribution in [-0.4, -0.2) is 5.91 Å². The number of carbonyl (C=O) groups excluding carboxylic acids is 1. The molecule has 0 radical (unpaired) electrons. The number of carbonyl (C=O) groups is 1. The van der Waals surface area contributed by atoms with E-state index in [2.05, 4.69) is 15.5 Å². The average molecular weight is 242 g/mol. The van der Waals surface area contributed by atoms with Crippen LogP contribution in [0.2, 0.25) is 0 Å². The second-order valence-electron chi connectivity index (χ2n) is 3.48. The van der Waals surface area contributed by atoms with Gasteiger partial charge in [-0.1, -0.05) is 30.3 Å². The van der Waals surface area contributed by atoms with E-state index in [1.54, 1.807) is 30.3 Å². The molecule has 0 heterocycles. The number of hydrogen-bond donors (Lipinski definition) is 1. The highest BCUT2D eigenvalue weighted by Crippen LogP contribution is 2.19. The molecule has 2 rings (SSSR count). The lowest BCUT2D eigenvalue weighted by molar-refractivity contribution is 0.102. The molecular weight excluding hydrogens is 232 g/mol. The van der Waals surface area contributed by atoms with Crippen molar-refractivity contribution in [1.82, 2.24) is 0 Å². The van der Waals surface area contributed by atoms with Crippen molar-refractivity contribution in [3.05, 3.63) is 65.1 Å². The van der Waals surface area contributed by atoms with Crippen molar-refractivity contribution < 1.29 is 9.63 Å². The molecule has 0 fully saturated rings. The maximum atomic E-state index is 12.0. The minimum absolute atomic E-state index is 0.126. The minimum atomic E-state index is -0.361. The Morgan fingerprint density at radius 2 is 1.67 bits per heavy atom. The number of benzene rings is 2. The first-order valence-corrected chi connectivity index (χ1v) is 5.26. The minimum Gasteiger partial charge on any atom is -0.323 e. The Balaban J connectivity index is 2.21. The molecular formula is C13H10N2O3. The zero-order valence-corrected chi connectivity index (χ0v) is 9.37. The highest BCUT2D eigenvalue weighted by Gasteiger charge is 2.12. The third kappa shape index (κ3) is 2.70. The molecule has 1 N–H and O–H groups in total. The van der Waals surface area contributed by atoms with Crippen LogP contribution >= 0.6 is 0 Å². The second kappa shape index (κ2) is 5.58. The molecule has 0 bridgehead atoms. The first kappa shape index (κ1) is 11.8. The van der Waals surface area contributed by atoms with Crippen LogP contribution in [0.5, 0.6) is 5.75 Å². The van der Waals surface area contributed by atoms with Gasteiger partial charge in [0.25, 0.3) is 5.91 Å². The summed E-state index contributed by atoms with van der Waals surface area (Å²) in [6, 6.07) is 15.4. The second-order valence-corrected chi connectivity index (χ2v) is 3.48. The molecule has 0 aliphatic heterocycles. The van der Waals surface area contributed by atoms with E-state index < -0.39 is 0 Å². The van der Waals surface area contributed by atoms with Crippen molar-refractivity contribution in [3.63, 3.8) is 0 Å². The largest absolute Gasteiger partial charge is 0.323 e. The van der Waals surface area contributed by atoms with E-state index in [1.165, 1.54) is 6.07 Å². The van der Waals surface area contributed by atoms with Crippen LogP contribution in [-0.2, 0) is 0 Å². The van der Waals surface area contributed by atoms with Gasteiger partial charge in [-0.3, -0.25) is 4.79 Å². The summed E-state index contributed by atoms with van der Waals surface area (Å²) in [7, 11) is 0. The SMILES string of the molecule is O=NOc1ccccc1C(=O)Nc1ccccc1. The number of nitrogens with one attached hydrogen (secondary N) is 1. The molecule has 0 saturated carbocycles. The number of nitrogens with zero attached hydrogens (tertiary/aromatic N) is 1. The topological polar surface area (TPSA) is 67.8 Å². The molecule has 18 heavy (non-hydrogen) atoms. The number of para-hydroxylation sites is 2. The lowest BCUT2D eigenvalue weighted by Crippen LogP contribution is -2.12. The van der Waals surface area contributed by atoms with E-state index in [0.717, 1.165) is 0 Å². The maximum Gasteiger partial charge on any atom is 0.259 e. The summed E-state index contributed by atoms with van der Waals surface area (Å²) in [6.07, 6.45) is 0. The summed E-state index contributed by atoms with van der Waals surface area (Å²) < 4.78 is 0. The molecule has 2 aromatic rings. The van der Waals surface area contributed by atoms with Gasteiger partial charge < -0.3 is 10.2 Å². The number of rotatable bonds is 4. The van der Waals surface area contributed by atoms with Crippen LogP contribution in [0.1, 0.15) is 10.4 Å². The first-order valence-electron chi connectivity index (χ1n) is 5.26. The Bertz CT molecular complexity index is 555. The van der Waals surface area contributed by atoms with Gasteiger partial charge in [-0.05, 0) is 24.3 Å². The van der Waals surface area contributed by atoms with Crippen molar-refractivity contribution in [1.29, 1.82) is 0 Å². The van der Waals surface area contributed by atoms with Crippen LogP contribution in [0.3, 0.4) is 0 Å². The van der Waals surface area contributed by atoms with Gasteiger partial charge >= 0.3 is 0 Å². The van der Waals surface area contributed by atoms with Crippen molar-refractivity contribution >= 4 is 11.6 Å². The molecule has 2 aromatic carbocycles. The maximum absolute atomic E-state index is 12.0.